The molecule has 1 aliphatic heterocycles. The van der Waals surface area contributed by atoms with Gasteiger partial charge in [0.2, 0.25) is 0 Å². The lowest BCUT2D eigenvalue weighted by Crippen LogP contribution is -2.30. The predicted molar refractivity (Wildman–Crippen MR) is 66.5 cm³/mol. The van der Waals surface area contributed by atoms with Gasteiger partial charge in [0, 0.05) is 24.9 Å². The molecule has 0 bridgehead atoms. The van der Waals surface area contributed by atoms with E-state index in [1.807, 2.05) is 6.20 Å². The van der Waals surface area contributed by atoms with Crippen LogP contribution in [0.3, 0.4) is 0 Å². The summed E-state index contributed by atoms with van der Waals surface area (Å²) < 4.78 is 2.32. The fraction of sp³-hybridized carbons (Fsp3) is 0.769. The van der Waals surface area contributed by atoms with E-state index >= 15 is 0 Å². The molecule has 2 rings (SSSR count). The van der Waals surface area contributed by atoms with E-state index in [1.165, 1.54) is 38.2 Å². The molecule has 0 aromatic carbocycles. The molecule has 90 valence electrons. The molecule has 3 heteroatoms. The van der Waals surface area contributed by atoms with Crippen molar-refractivity contribution < 1.29 is 0 Å². The van der Waals surface area contributed by atoms with Crippen LogP contribution in [0.15, 0.2) is 12.4 Å². The van der Waals surface area contributed by atoms with Crippen LogP contribution < -0.4 is 5.32 Å². The van der Waals surface area contributed by atoms with Crippen LogP contribution in [0.25, 0.3) is 0 Å². The first kappa shape index (κ1) is 11.6. The second-order valence-electron chi connectivity index (χ2n) is 5.13. The number of imidazole rings is 1. The third kappa shape index (κ3) is 2.85. The summed E-state index contributed by atoms with van der Waals surface area (Å²) in [6, 6.07) is 0. The molecular weight excluding hydrogens is 198 g/mol. The van der Waals surface area contributed by atoms with Gasteiger partial charge < -0.3 is 9.88 Å². The molecule has 0 amide bonds. The van der Waals surface area contributed by atoms with Crippen molar-refractivity contribution in [2.75, 3.05) is 13.1 Å². The average Bonchev–Trinajstić information content (AvgIpc) is 2.76. The maximum absolute atomic E-state index is 4.43. The van der Waals surface area contributed by atoms with Crippen LogP contribution >= 0.6 is 0 Å². The van der Waals surface area contributed by atoms with Gasteiger partial charge in [0.05, 0.1) is 0 Å². The van der Waals surface area contributed by atoms with Crippen LogP contribution in [0.5, 0.6) is 0 Å². The number of rotatable bonds is 4. The molecule has 2 heterocycles. The molecule has 3 nitrogen and oxygen atoms in total. The summed E-state index contributed by atoms with van der Waals surface area (Å²) in [6.45, 7) is 7.95. The second kappa shape index (κ2) is 5.48. The zero-order valence-electron chi connectivity index (χ0n) is 10.4. The van der Waals surface area contributed by atoms with Crippen molar-refractivity contribution in [3.63, 3.8) is 0 Å². The van der Waals surface area contributed by atoms with Crippen LogP contribution in [-0.2, 0) is 6.54 Å². The second-order valence-corrected chi connectivity index (χ2v) is 5.13. The van der Waals surface area contributed by atoms with Gasteiger partial charge in [0.15, 0.2) is 0 Å². The standard InChI is InChI=1S/C13H23N3/c1-11(2)13-15-7-9-16(13)8-5-12-4-3-6-14-10-12/h7,9,11-12,14H,3-6,8,10H2,1-2H3. The number of hydrogen-bond acceptors (Lipinski definition) is 2. The number of aryl methyl sites for hydroxylation is 1. The Morgan fingerprint density at radius 2 is 2.44 bits per heavy atom. The van der Waals surface area contributed by atoms with Crippen molar-refractivity contribution in [1.82, 2.24) is 14.9 Å². The van der Waals surface area contributed by atoms with Gasteiger partial charge in [-0.1, -0.05) is 13.8 Å². The minimum absolute atomic E-state index is 0.527. The Hall–Kier alpha value is -0.830. The first-order chi connectivity index (χ1) is 7.77. The molecule has 0 saturated carbocycles. The molecule has 1 atom stereocenters. The molecular formula is C13H23N3. The van der Waals surface area contributed by atoms with Gasteiger partial charge >= 0.3 is 0 Å². The maximum Gasteiger partial charge on any atom is 0.111 e. The van der Waals surface area contributed by atoms with Crippen LogP contribution in [0.4, 0.5) is 0 Å². The summed E-state index contributed by atoms with van der Waals surface area (Å²) in [5.74, 6) is 2.61. The van der Waals surface area contributed by atoms with E-state index in [9.17, 15) is 0 Å². The smallest absolute Gasteiger partial charge is 0.111 e. The van der Waals surface area contributed by atoms with E-state index in [1.54, 1.807) is 0 Å². The van der Waals surface area contributed by atoms with E-state index in [0.717, 1.165) is 12.5 Å². The quantitative estimate of drug-likeness (QED) is 0.846. The summed E-state index contributed by atoms with van der Waals surface area (Å²) in [5.41, 5.74) is 0. The van der Waals surface area contributed by atoms with Crippen molar-refractivity contribution in [1.29, 1.82) is 0 Å². The molecule has 16 heavy (non-hydrogen) atoms. The lowest BCUT2D eigenvalue weighted by molar-refractivity contribution is 0.339. The zero-order chi connectivity index (χ0) is 11.4. The maximum atomic E-state index is 4.43. The number of piperidine rings is 1. The van der Waals surface area contributed by atoms with Crippen molar-refractivity contribution in [3.05, 3.63) is 18.2 Å². The van der Waals surface area contributed by atoms with E-state index in [4.69, 9.17) is 0 Å². The summed E-state index contributed by atoms with van der Waals surface area (Å²) in [5, 5.41) is 3.48. The normalized spacial score (nSPS) is 21.6. The highest BCUT2D eigenvalue weighted by Gasteiger charge is 2.14. The van der Waals surface area contributed by atoms with E-state index in [-0.39, 0.29) is 0 Å². The van der Waals surface area contributed by atoms with Gasteiger partial charge in [-0.25, -0.2) is 4.98 Å². The van der Waals surface area contributed by atoms with Gasteiger partial charge in [0.1, 0.15) is 5.82 Å². The Balaban J connectivity index is 1.86. The largest absolute Gasteiger partial charge is 0.335 e. The van der Waals surface area contributed by atoms with Crippen molar-refractivity contribution in [3.8, 4) is 0 Å². The summed E-state index contributed by atoms with van der Waals surface area (Å²) >= 11 is 0. The summed E-state index contributed by atoms with van der Waals surface area (Å²) in [7, 11) is 0. The predicted octanol–water partition coefficient (Wildman–Crippen LogP) is 2.40. The lowest BCUT2D eigenvalue weighted by atomic mass is 9.96. The molecule has 1 saturated heterocycles. The van der Waals surface area contributed by atoms with E-state index in [2.05, 4.69) is 34.9 Å². The first-order valence-corrected chi connectivity index (χ1v) is 6.49. The molecule has 0 aliphatic carbocycles. The molecule has 0 spiro atoms. The fourth-order valence-electron chi connectivity index (χ4n) is 2.50. The Morgan fingerprint density at radius 3 is 3.12 bits per heavy atom. The molecule has 1 unspecified atom stereocenters. The average molecular weight is 221 g/mol. The van der Waals surface area contributed by atoms with Gasteiger partial charge in [0.25, 0.3) is 0 Å². The number of aromatic nitrogens is 2. The van der Waals surface area contributed by atoms with Crippen LogP contribution in [0, 0.1) is 5.92 Å². The van der Waals surface area contributed by atoms with Crippen molar-refractivity contribution in [2.45, 2.75) is 45.6 Å². The monoisotopic (exact) mass is 221 g/mol. The molecule has 1 aromatic heterocycles. The van der Waals surface area contributed by atoms with Crippen molar-refractivity contribution >= 4 is 0 Å². The Bertz CT molecular complexity index is 311. The highest BCUT2D eigenvalue weighted by Crippen LogP contribution is 2.17. The summed E-state index contributed by atoms with van der Waals surface area (Å²) in [6.07, 6.45) is 8.05. The first-order valence-electron chi connectivity index (χ1n) is 6.49. The number of hydrogen-bond donors (Lipinski definition) is 1. The SMILES string of the molecule is CC(C)c1nccn1CCC1CCCNC1. The van der Waals surface area contributed by atoms with Crippen molar-refractivity contribution in [2.24, 2.45) is 5.92 Å². The Morgan fingerprint density at radius 1 is 1.56 bits per heavy atom. The molecule has 1 fully saturated rings. The minimum atomic E-state index is 0.527. The van der Waals surface area contributed by atoms with Crippen LogP contribution in [0.1, 0.15) is 44.9 Å². The van der Waals surface area contributed by atoms with Crippen LogP contribution in [-0.4, -0.2) is 22.6 Å². The Labute approximate surface area is 98.3 Å². The molecule has 0 radical (unpaired) electrons. The third-order valence-corrected chi connectivity index (χ3v) is 3.44. The number of nitrogens with one attached hydrogen (secondary N) is 1. The van der Waals surface area contributed by atoms with Gasteiger partial charge in [-0.3, -0.25) is 0 Å². The highest BCUT2D eigenvalue weighted by molar-refractivity contribution is 4.97. The molecule has 1 N–H and O–H groups in total. The number of nitrogens with zero attached hydrogens (tertiary/aromatic N) is 2. The van der Waals surface area contributed by atoms with E-state index in [0.29, 0.717) is 5.92 Å². The molecule has 1 aliphatic rings. The van der Waals surface area contributed by atoms with Crippen LogP contribution in [0.2, 0.25) is 0 Å². The van der Waals surface area contributed by atoms with Gasteiger partial charge in [-0.2, -0.15) is 0 Å². The van der Waals surface area contributed by atoms with Gasteiger partial charge in [-0.05, 0) is 38.3 Å². The minimum Gasteiger partial charge on any atom is -0.335 e. The zero-order valence-corrected chi connectivity index (χ0v) is 10.4. The lowest BCUT2D eigenvalue weighted by Gasteiger charge is -2.23. The fourth-order valence-corrected chi connectivity index (χ4v) is 2.50. The van der Waals surface area contributed by atoms with Gasteiger partial charge in [-0.15, -0.1) is 0 Å². The topological polar surface area (TPSA) is 29.9 Å². The Kier molecular flexibility index (Phi) is 3.99. The third-order valence-electron chi connectivity index (χ3n) is 3.44. The highest BCUT2D eigenvalue weighted by atomic mass is 15.1. The van der Waals surface area contributed by atoms with E-state index < -0.39 is 0 Å². The summed E-state index contributed by atoms with van der Waals surface area (Å²) in [4.78, 5) is 4.43. The molecule has 1 aromatic rings.